The first-order chi connectivity index (χ1) is 11.5. The summed E-state index contributed by atoms with van der Waals surface area (Å²) in [7, 11) is 0. The number of phenolic OH excluding ortho intramolecular Hbond substituents is 1. The predicted molar refractivity (Wildman–Crippen MR) is 96.0 cm³/mol. The van der Waals surface area contributed by atoms with Crippen molar-refractivity contribution in [1.82, 2.24) is 4.40 Å². The van der Waals surface area contributed by atoms with Gasteiger partial charge in [0.2, 0.25) is 11.5 Å². The average Bonchev–Trinajstić information content (AvgIpc) is 3.26. The molecule has 0 spiro atoms. The predicted octanol–water partition coefficient (Wildman–Crippen LogP) is 2.91. The minimum atomic E-state index is -0.0371. The molecular formula is C19H19N4O+. The molecule has 2 aromatic carbocycles. The highest BCUT2D eigenvalue weighted by molar-refractivity contribution is 6.14. The van der Waals surface area contributed by atoms with Crippen LogP contribution in [-0.2, 0) is 5.54 Å². The van der Waals surface area contributed by atoms with E-state index in [-0.39, 0.29) is 11.3 Å². The maximum Gasteiger partial charge on any atom is 0.277 e. The van der Waals surface area contributed by atoms with E-state index in [0.29, 0.717) is 11.6 Å². The lowest BCUT2D eigenvalue weighted by molar-refractivity contribution is -0.696. The Kier molecular flexibility index (Phi) is 2.31. The van der Waals surface area contributed by atoms with Crippen molar-refractivity contribution in [3.8, 4) is 5.75 Å². The maximum absolute atomic E-state index is 10.6. The quantitative estimate of drug-likeness (QED) is 0.373. The van der Waals surface area contributed by atoms with Crippen molar-refractivity contribution in [3.05, 3.63) is 42.5 Å². The SMILES string of the molecule is CC1([n+]2c(N)c(N)n3c4ccccc4c4cccc(O)c4c32)CC1. The molecule has 0 radical (unpaired) electrons. The van der Waals surface area contributed by atoms with E-state index in [0.717, 1.165) is 40.2 Å². The van der Waals surface area contributed by atoms with Gasteiger partial charge in [0.1, 0.15) is 11.3 Å². The van der Waals surface area contributed by atoms with E-state index < -0.39 is 0 Å². The normalized spacial score (nSPS) is 16.2. The summed E-state index contributed by atoms with van der Waals surface area (Å²) >= 11 is 0. The fourth-order valence-electron chi connectivity index (χ4n) is 3.87. The molecule has 0 aliphatic heterocycles. The van der Waals surface area contributed by atoms with Crippen LogP contribution in [0.2, 0.25) is 0 Å². The molecule has 1 aliphatic carbocycles. The molecule has 5 nitrogen and oxygen atoms in total. The van der Waals surface area contributed by atoms with Gasteiger partial charge in [-0.3, -0.25) is 0 Å². The topological polar surface area (TPSA) is 80.6 Å². The molecule has 0 bridgehead atoms. The molecular weight excluding hydrogens is 300 g/mol. The number of hydrogen-bond donors (Lipinski definition) is 3. The van der Waals surface area contributed by atoms with Gasteiger partial charge in [0.25, 0.3) is 5.82 Å². The van der Waals surface area contributed by atoms with Crippen molar-refractivity contribution >= 4 is 39.0 Å². The van der Waals surface area contributed by atoms with E-state index in [2.05, 4.69) is 17.6 Å². The van der Waals surface area contributed by atoms with Gasteiger partial charge in [-0.05, 0) is 31.9 Å². The molecule has 4 aromatic rings. The van der Waals surface area contributed by atoms with Gasteiger partial charge < -0.3 is 16.6 Å². The molecule has 0 amide bonds. The Morgan fingerprint density at radius 3 is 2.50 bits per heavy atom. The van der Waals surface area contributed by atoms with Crippen LogP contribution < -0.4 is 16.0 Å². The second-order valence-electron chi connectivity index (χ2n) is 6.98. The van der Waals surface area contributed by atoms with Crippen LogP contribution in [0.15, 0.2) is 42.5 Å². The number of aromatic hydroxyl groups is 1. The Balaban J connectivity index is 2.19. The number of benzene rings is 2. The van der Waals surface area contributed by atoms with Gasteiger partial charge in [-0.25, -0.2) is 8.97 Å². The molecule has 0 saturated heterocycles. The van der Waals surface area contributed by atoms with Crippen LogP contribution in [0.4, 0.5) is 11.6 Å². The first-order valence-corrected chi connectivity index (χ1v) is 8.17. The second-order valence-corrected chi connectivity index (χ2v) is 6.98. The highest BCUT2D eigenvalue weighted by atomic mass is 16.3. The van der Waals surface area contributed by atoms with Gasteiger partial charge in [-0.1, -0.05) is 30.3 Å². The number of imidazole rings is 1. The number of phenols is 1. The zero-order valence-electron chi connectivity index (χ0n) is 13.5. The molecule has 5 rings (SSSR count). The van der Waals surface area contributed by atoms with Crippen molar-refractivity contribution in [3.63, 3.8) is 0 Å². The first kappa shape index (κ1) is 13.5. The Hall–Kier alpha value is -2.95. The molecule has 0 atom stereocenters. The number of nitrogens with two attached hydrogens (primary N) is 2. The average molecular weight is 319 g/mol. The molecule has 1 fully saturated rings. The number of pyridine rings is 1. The molecule has 1 saturated carbocycles. The summed E-state index contributed by atoms with van der Waals surface area (Å²) in [6.45, 7) is 2.18. The molecule has 2 aromatic heterocycles. The summed E-state index contributed by atoms with van der Waals surface area (Å²) in [5.74, 6) is 1.34. The Bertz CT molecular complexity index is 1150. The minimum Gasteiger partial charge on any atom is -0.507 e. The number of rotatable bonds is 1. The number of fused-ring (bicyclic) bond motifs is 6. The smallest absolute Gasteiger partial charge is 0.277 e. The Morgan fingerprint density at radius 2 is 1.75 bits per heavy atom. The standard InChI is InChI=1S/C19H18N4O/c1-19(9-10-19)23-17(21)16(20)22-13-7-3-2-5-11(13)12-6-4-8-14(24)15(12)18(22)23/h2-8H,9-10,20-21H2,1H3/p+1. The van der Waals surface area contributed by atoms with E-state index in [4.69, 9.17) is 11.5 Å². The van der Waals surface area contributed by atoms with Crippen molar-refractivity contribution < 1.29 is 9.67 Å². The fourth-order valence-corrected chi connectivity index (χ4v) is 3.87. The number of nitrogens with zero attached hydrogens (tertiary/aromatic N) is 2. The molecule has 120 valence electrons. The first-order valence-electron chi connectivity index (χ1n) is 8.17. The van der Waals surface area contributed by atoms with Crippen molar-refractivity contribution in [2.24, 2.45) is 0 Å². The van der Waals surface area contributed by atoms with Crippen molar-refractivity contribution in [2.45, 2.75) is 25.3 Å². The van der Waals surface area contributed by atoms with Crippen LogP contribution >= 0.6 is 0 Å². The summed E-state index contributed by atoms with van der Waals surface area (Å²) in [6, 6.07) is 13.7. The summed E-state index contributed by atoms with van der Waals surface area (Å²) in [6.07, 6.45) is 2.12. The summed E-state index contributed by atoms with van der Waals surface area (Å²) in [5, 5.41) is 13.5. The van der Waals surface area contributed by atoms with Gasteiger partial charge >= 0.3 is 0 Å². The Labute approximate surface area is 138 Å². The van der Waals surface area contributed by atoms with E-state index in [9.17, 15) is 5.11 Å². The molecule has 5 N–H and O–H groups in total. The third-order valence-corrected chi connectivity index (χ3v) is 5.38. The van der Waals surface area contributed by atoms with Crippen LogP contribution in [0.5, 0.6) is 5.75 Å². The molecule has 5 heteroatoms. The van der Waals surface area contributed by atoms with Crippen LogP contribution in [0, 0.1) is 0 Å². The molecule has 0 unspecified atom stereocenters. The van der Waals surface area contributed by atoms with Gasteiger partial charge in [0, 0.05) is 10.8 Å². The van der Waals surface area contributed by atoms with Gasteiger partial charge in [0.15, 0.2) is 0 Å². The number of aromatic nitrogens is 2. The second kappa shape index (κ2) is 4.12. The van der Waals surface area contributed by atoms with Crippen molar-refractivity contribution in [2.75, 3.05) is 11.5 Å². The molecule has 2 heterocycles. The van der Waals surface area contributed by atoms with Crippen LogP contribution in [0.3, 0.4) is 0 Å². The fraction of sp³-hybridized carbons (Fsp3) is 0.211. The summed E-state index contributed by atoms with van der Waals surface area (Å²) in [5.41, 5.74) is 14.6. The summed E-state index contributed by atoms with van der Waals surface area (Å²) in [4.78, 5) is 0. The molecule has 1 aliphatic rings. The number of hydrogen-bond acceptors (Lipinski definition) is 3. The highest BCUT2D eigenvalue weighted by Gasteiger charge is 2.47. The van der Waals surface area contributed by atoms with Gasteiger partial charge in [-0.15, -0.1) is 0 Å². The van der Waals surface area contributed by atoms with Gasteiger partial charge in [-0.2, -0.15) is 0 Å². The van der Waals surface area contributed by atoms with E-state index in [1.807, 2.05) is 34.7 Å². The lowest BCUT2D eigenvalue weighted by atomic mass is 10.0. The third-order valence-electron chi connectivity index (χ3n) is 5.38. The number of para-hydroxylation sites is 1. The third kappa shape index (κ3) is 1.47. The monoisotopic (exact) mass is 319 g/mol. The number of nitrogen functional groups attached to an aromatic ring is 2. The molecule has 24 heavy (non-hydrogen) atoms. The lowest BCUT2D eigenvalue weighted by Gasteiger charge is -2.12. The Morgan fingerprint density at radius 1 is 1.04 bits per heavy atom. The van der Waals surface area contributed by atoms with E-state index in [1.165, 1.54) is 0 Å². The van der Waals surface area contributed by atoms with Crippen molar-refractivity contribution in [1.29, 1.82) is 0 Å². The zero-order valence-corrected chi connectivity index (χ0v) is 13.5. The lowest BCUT2D eigenvalue weighted by Crippen LogP contribution is -2.46. The zero-order chi connectivity index (χ0) is 16.6. The minimum absolute atomic E-state index is 0.0371. The van der Waals surface area contributed by atoms with Crippen LogP contribution in [0.1, 0.15) is 19.8 Å². The highest BCUT2D eigenvalue weighted by Crippen LogP contribution is 2.43. The van der Waals surface area contributed by atoms with Crippen LogP contribution in [0.25, 0.3) is 27.3 Å². The number of anilines is 2. The van der Waals surface area contributed by atoms with E-state index in [1.54, 1.807) is 6.07 Å². The largest absolute Gasteiger partial charge is 0.507 e. The van der Waals surface area contributed by atoms with Crippen LogP contribution in [-0.4, -0.2) is 9.51 Å². The van der Waals surface area contributed by atoms with E-state index >= 15 is 0 Å². The van der Waals surface area contributed by atoms with Gasteiger partial charge in [0.05, 0.1) is 10.9 Å². The maximum atomic E-state index is 10.6. The summed E-state index contributed by atoms with van der Waals surface area (Å²) < 4.78 is 4.09.